The Balaban J connectivity index is 1.91. The zero-order chi connectivity index (χ0) is 26.9. The van der Waals surface area contributed by atoms with Gasteiger partial charge in [0.15, 0.2) is 5.13 Å². The average molecular weight is 525 g/mol. The number of hydrogen-bond donors (Lipinski definition) is 1. The number of thiazole rings is 1. The molecule has 8 nitrogen and oxygen atoms in total. The minimum atomic E-state index is -1.31. The highest BCUT2D eigenvalue weighted by Crippen LogP contribution is 2.44. The van der Waals surface area contributed by atoms with Crippen molar-refractivity contribution in [3.8, 4) is 5.75 Å². The van der Waals surface area contributed by atoms with E-state index in [2.05, 4.69) is 4.98 Å². The van der Waals surface area contributed by atoms with Crippen molar-refractivity contribution in [2.45, 2.75) is 33.7 Å². The molecule has 2 heterocycles. The van der Waals surface area contributed by atoms with Gasteiger partial charge in [0.25, 0.3) is 5.78 Å². The van der Waals surface area contributed by atoms with E-state index in [-0.39, 0.29) is 33.3 Å². The van der Waals surface area contributed by atoms with E-state index in [4.69, 9.17) is 9.47 Å². The average Bonchev–Trinajstić information content (AvgIpc) is 3.37. The number of anilines is 1. The van der Waals surface area contributed by atoms with Gasteiger partial charge < -0.3 is 14.6 Å². The Kier molecular flexibility index (Phi) is 7.40. The maximum atomic E-state index is 15.1. The number of aromatic nitrogens is 1. The highest BCUT2D eigenvalue weighted by molar-refractivity contribution is 7.17. The van der Waals surface area contributed by atoms with Crippen LogP contribution in [-0.2, 0) is 14.3 Å². The summed E-state index contributed by atoms with van der Waals surface area (Å²) in [5.74, 6) is -3.14. The molecule has 0 unspecified atom stereocenters. The first-order chi connectivity index (χ1) is 17.7. The van der Waals surface area contributed by atoms with Gasteiger partial charge in [0.2, 0.25) is 0 Å². The predicted octanol–water partition coefficient (Wildman–Crippen LogP) is 5.10. The molecule has 0 aliphatic carbocycles. The Labute approximate surface area is 217 Å². The smallest absolute Gasteiger partial charge is 0.350 e. The zero-order valence-electron chi connectivity index (χ0n) is 20.7. The molecule has 0 saturated carbocycles. The first-order valence-corrected chi connectivity index (χ1v) is 12.4. The van der Waals surface area contributed by atoms with Crippen LogP contribution in [-0.4, -0.2) is 41.0 Å². The van der Waals surface area contributed by atoms with Crippen LogP contribution in [0.2, 0.25) is 0 Å². The maximum absolute atomic E-state index is 15.1. The van der Waals surface area contributed by atoms with Gasteiger partial charge >= 0.3 is 11.9 Å². The van der Waals surface area contributed by atoms with E-state index in [1.54, 1.807) is 45.0 Å². The first-order valence-electron chi connectivity index (χ1n) is 11.6. The molecule has 0 radical (unpaired) electrons. The number of rotatable bonds is 7. The molecular formula is C27H25FN2O6S. The molecule has 1 saturated heterocycles. The normalized spacial score (nSPS) is 16.8. The number of hydrogen-bond acceptors (Lipinski definition) is 8. The lowest BCUT2D eigenvalue weighted by Gasteiger charge is -2.23. The molecule has 10 heteroatoms. The molecule has 0 bridgehead atoms. The van der Waals surface area contributed by atoms with Gasteiger partial charge in [-0.15, -0.1) is 0 Å². The van der Waals surface area contributed by atoms with Crippen molar-refractivity contribution in [3.05, 3.63) is 81.1 Å². The lowest BCUT2D eigenvalue weighted by atomic mass is 9.94. The van der Waals surface area contributed by atoms with Gasteiger partial charge in [-0.3, -0.25) is 14.5 Å². The highest BCUT2D eigenvalue weighted by atomic mass is 32.1. The predicted molar refractivity (Wildman–Crippen MR) is 136 cm³/mol. The molecule has 1 aliphatic rings. The fourth-order valence-corrected chi connectivity index (χ4v) is 5.15. The van der Waals surface area contributed by atoms with Crippen molar-refractivity contribution in [3.63, 3.8) is 0 Å². The van der Waals surface area contributed by atoms with Crippen molar-refractivity contribution >= 4 is 39.9 Å². The van der Waals surface area contributed by atoms with Gasteiger partial charge in [0.1, 0.15) is 28.2 Å². The summed E-state index contributed by atoms with van der Waals surface area (Å²) in [6.07, 6.45) is 0. The summed E-state index contributed by atoms with van der Waals surface area (Å²) in [5, 5.41) is 11.3. The topological polar surface area (TPSA) is 106 Å². The van der Waals surface area contributed by atoms with Crippen molar-refractivity contribution in [1.29, 1.82) is 0 Å². The van der Waals surface area contributed by atoms with Crippen molar-refractivity contribution < 1.29 is 33.4 Å². The number of halogens is 1. The molecule has 1 aromatic heterocycles. The van der Waals surface area contributed by atoms with E-state index in [1.165, 1.54) is 18.2 Å². The largest absolute Gasteiger partial charge is 0.507 e. The number of benzene rings is 2. The molecule has 1 atom stereocenters. The number of carbonyl (C=O) groups is 3. The van der Waals surface area contributed by atoms with Crippen LogP contribution in [0.25, 0.3) is 5.76 Å². The van der Waals surface area contributed by atoms with Crippen LogP contribution in [0.5, 0.6) is 5.75 Å². The summed E-state index contributed by atoms with van der Waals surface area (Å²) in [6.45, 7) is 7.46. The molecule has 3 aromatic rings. The molecule has 192 valence electrons. The lowest BCUT2D eigenvalue weighted by molar-refractivity contribution is -0.132. The number of carbonyl (C=O) groups excluding carboxylic acids is 3. The number of amides is 1. The number of nitrogens with zero attached hydrogens (tertiary/aromatic N) is 2. The van der Waals surface area contributed by atoms with E-state index in [0.717, 1.165) is 16.2 Å². The standard InChI is InChI=1S/C27H25FN2O6S/c1-5-35-19-12-11-16(13-14(19)3)22(31)20-21(17-9-7-8-10-18(17)28)30(25(33)23(20)32)27-29-15(4)24(37-27)26(34)36-6-2/h7-13,21,31H,5-6H2,1-4H3/t21-/m0/s1. The third kappa shape index (κ3) is 4.72. The second kappa shape index (κ2) is 10.5. The van der Waals surface area contributed by atoms with E-state index in [9.17, 15) is 19.5 Å². The van der Waals surface area contributed by atoms with Gasteiger partial charge in [-0.05, 0) is 57.5 Å². The fourth-order valence-electron chi connectivity index (χ4n) is 4.16. The van der Waals surface area contributed by atoms with Crippen LogP contribution in [0.15, 0.2) is 48.0 Å². The third-order valence-electron chi connectivity index (χ3n) is 5.84. The first kappa shape index (κ1) is 26.0. The molecule has 37 heavy (non-hydrogen) atoms. The van der Waals surface area contributed by atoms with Crippen molar-refractivity contribution in [2.24, 2.45) is 0 Å². The number of aryl methyl sites for hydroxylation is 2. The second-order valence-electron chi connectivity index (χ2n) is 8.24. The van der Waals surface area contributed by atoms with Crippen LogP contribution < -0.4 is 9.64 Å². The minimum absolute atomic E-state index is 0.00329. The molecule has 1 amide bonds. The number of esters is 1. The molecule has 1 fully saturated rings. The van der Waals surface area contributed by atoms with Crippen molar-refractivity contribution in [2.75, 3.05) is 18.1 Å². The van der Waals surface area contributed by atoms with E-state index < -0.39 is 35.3 Å². The molecule has 2 aromatic carbocycles. The molecular weight excluding hydrogens is 499 g/mol. The fraction of sp³-hybridized carbons (Fsp3) is 0.259. The van der Waals surface area contributed by atoms with Crippen LogP contribution in [0.1, 0.15) is 51.9 Å². The Morgan fingerprint density at radius 1 is 1.14 bits per heavy atom. The number of Topliss-reactive ketones (excluding diaryl/α,β-unsaturated/α-hetero) is 1. The Bertz CT molecular complexity index is 1430. The molecule has 1 N–H and O–H groups in total. The number of aliphatic hydroxyl groups excluding tert-OH is 1. The van der Waals surface area contributed by atoms with Gasteiger partial charge in [-0.25, -0.2) is 14.2 Å². The van der Waals surface area contributed by atoms with Gasteiger partial charge in [-0.1, -0.05) is 29.5 Å². The number of ketones is 1. The van der Waals surface area contributed by atoms with Gasteiger partial charge in [-0.2, -0.15) is 0 Å². The molecule has 4 rings (SSSR count). The summed E-state index contributed by atoms with van der Waals surface area (Å²) in [4.78, 5) is 44.5. The van der Waals surface area contributed by atoms with Crippen molar-refractivity contribution in [1.82, 2.24) is 4.98 Å². The Hall–Kier alpha value is -4.05. The summed E-state index contributed by atoms with van der Waals surface area (Å²) in [5.41, 5.74) is 0.982. The minimum Gasteiger partial charge on any atom is -0.507 e. The number of aliphatic hydroxyl groups is 1. The Morgan fingerprint density at radius 3 is 2.51 bits per heavy atom. The number of ether oxygens (including phenoxy) is 2. The Morgan fingerprint density at radius 2 is 1.86 bits per heavy atom. The SMILES string of the molecule is CCOC(=O)c1sc(N2C(=O)C(=O)C(=C(O)c3ccc(OCC)c(C)c3)[C@@H]2c2ccccc2F)nc1C. The van der Waals surface area contributed by atoms with E-state index in [0.29, 0.717) is 23.6 Å². The van der Waals surface area contributed by atoms with Gasteiger partial charge in [0.05, 0.1) is 24.5 Å². The molecule has 1 aliphatic heterocycles. The van der Waals surface area contributed by atoms with Gasteiger partial charge in [0, 0.05) is 11.1 Å². The van der Waals surface area contributed by atoms with Crippen LogP contribution in [0, 0.1) is 19.7 Å². The second-order valence-corrected chi connectivity index (χ2v) is 9.21. The van der Waals surface area contributed by atoms with Crippen LogP contribution in [0.3, 0.4) is 0 Å². The van der Waals surface area contributed by atoms with Crippen LogP contribution in [0.4, 0.5) is 9.52 Å². The molecule has 0 spiro atoms. The highest BCUT2D eigenvalue weighted by Gasteiger charge is 2.49. The van der Waals surface area contributed by atoms with E-state index >= 15 is 4.39 Å². The summed E-state index contributed by atoms with van der Waals surface area (Å²) >= 11 is 0.858. The summed E-state index contributed by atoms with van der Waals surface area (Å²) in [7, 11) is 0. The maximum Gasteiger partial charge on any atom is 0.350 e. The van der Waals surface area contributed by atoms with Crippen LogP contribution >= 0.6 is 11.3 Å². The summed E-state index contributed by atoms with van der Waals surface area (Å²) in [6, 6.07) is 9.20. The van der Waals surface area contributed by atoms with E-state index in [1.807, 2.05) is 6.92 Å². The quantitative estimate of drug-likeness (QED) is 0.198. The lowest BCUT2D eigenvalue weighted by Crippen LogP contribution is -2.29. The monoisotopic (exact) mass is 524 g/mol. The summed E-state index contributed by atoms with van der Waals surface area (Å²) < 4.78 is 25.7. The third-order valence-corrected chi connectivity index (χ3v) is 6.98. The zero-order valence-corrected chi connectivity index (χ0v) is 21.5.